The number of H-pyrrole nitrogens is 1. The summed E-state index contributed by atoms with van der Waals surface area (Å²) in [7, 11) is -3.34. The van der Waals surface area contributed by atoms with Gasteiger partial charge in [0.05, 0.1) is 23.7 Å². The zero-order valence-corrected chi connectivity index (χ0v) is 15.2. The van der Waals surface area contributed by atoms with E-state index in [0.29, 0.717) is 17.2 Å². The molecule has 4 rings (SSSR count). The van der Waals surface area contributed by atoms with E-state index < -0.39 is 10.0 Å². The normalized spacial score (nSPS) is 11.4. The van der Waals surface area contributed by atoms with Crippen molar-refractivity contribution >= 4 is 38.1 Å². The minimum absolute atomic E-state index is 0.480. The molecule has 8 nitrogen and oxygen atoms in total. The van der Waals surface area contributed by atoms with Gasteiger partial charge in [-0.25, -0.2) is 18.4 Å². The Bertz CT molecular complexity index is 1220. The van der Waals surface area contributed by atoms with E-state index in [1.54, 1.807) is 30.5 Å². The molecule has 27 heavy (non-hydrogen) atoms. The molecule has 2 aromatic heterocycles. The van der Waals surface area contributed by atoms with Gasteiger partial charge in [-0.2, -0.15) is 5.10 Å². The second kappa shape index (κ2) is 6.69. The van der Waals surface area contributed by atoms with E-state index in [0.717, 1.165) is 28.4 Å². The first-order valence-electron chi connectivity index (χ1n) is 8.07. The molecule has 0 aliphatic carbocycles. The number of hydrogen-bond acceptors (Lipinski definition) is 6. The molecule has 0 aliphatic rings. The average molecular weight is 380 g/mol. The second-order valence-electron chi connectivity index (χ2n) is 6.04. The van der Waals surface area contributed by atoms with Crippen LogP contribution < -0.4 is 10.0 Å². The van der Waals surface area contributed by atoms with Crippen LogP contribution in [0, 0.1) is 0 Å². The maximum absolute atomic E-state index is 11.4. The number of nitrogens with zero attached hydrogens (tertiary/aromatic N) is 3. The predicted molar refractivity (Wildman–Crippen MR) is 105 cm³/mol. The number of benzene rings is 2. The summed E-state index contributed by atoms with van der Waals surface area (Å²) in [5, 5.41) is 11.2. The van der Waals surface area contributed by atoms with Crippen molar-refractivity contribution < 1.29 is 8.42 Å². The fourth-order valence-electron chi connectivity index (χ4n) is 2.71. The monoisotopic (exact) mass is 380 g/mol. The summed E-state index contributed by atoms with van der Waals surface area (Å²) in [6, 6.07) is 14.7. The number of sulfonamides is 1. The molecule has 0 aliphatic heterocycles. The third-order valence-electron chi connectivity index (χ3n) is 3.84. The molecule has 4 aromatic rings. The van der Waals surface area contributed by atoms with Crippen molar-refractivity contribution in [3.05, 3.63) is 61.1 Å². The number of aromatic amines is 1. The van der Waals surface area contributed by atoms with Gasteiger partial charge >= 0.3 is 0 Å². The number of anilines is 3. The first-order chi connectivity index (χ1) is 13.0. The van der Waals surface area contributed by atoms with E-state index in [2.05, 4.69) is 30.2 Å². The van der Waals surface area contributed by atoms with Crippen molar-refractivity contribution in [1.82, 2.24) is 20.2 Å². The zero-order valence-electron chi connectivity index (χ0n) is 14.3. The first-order valence-corrected chi connectivity index (χ1v) is 9.96. The lowest BCUT2D eigenvalue weighted by Crippen LogP contribution is -2.09. The summed E-state index contributed by atoms with van der Waals surface area (Å²) < 4.78 is 25.3. The Balaban J connectivity index is 1.61. The van der Waals surface area contributed by atoms with Crippen molar-refractivity contribution in [3.63, 3.8) is 0 Å². The summed E-state index contributed by atoms with van der Waals surface area (Å²) in [4.78, 5) is 8.54. The second-order valence-corrected chi connectivity index (χ2v) is 7.79. The third kappa shape index (κ3) is 4.04. The lowest BCUT2D eigenvalue weighted by molar-refractivity contribution is 0.607. The van der Waals surface area contributed by atoms with Gasteiger partial charge < -0.3 is 5.32 Å². The molecule has 3 N–H and O–H groups in total. The smallest absolute Gasteiger partial charge is 0.229 e. The van der Waals surface area contributed by atoms with Crippen LogP contribution in [0.4, 0.5) is 17.2 Å². The molecule has 136 valence electrons. The Morgan fingerprint density at radius 3 is 2.74 bits per heavy atom. The van der Waals surface area contributed by atoms with Gasteiger partial charge in [-0.15, -0.1) is 0 Å². The van der Waals surface area contributed by atoms with Crippen molar-refractivity contribution in [1.29, 1.82) is 0 Å². The van der Waals surface area contributed by atoms with Crippen LogP contribution in [-0.4, -0.2) is 34.8 Å². The molecule has 0 spiro atoms. The molecule has 9 heteroatoms. The summed E-state index contributed by atoms with van der Waals surface area (Å²) in [6.07, 6.45) is 4.33. The maximum Gasteiger partial charge on any atom is 0.229 e. The molecule has 0 amide bonds. The lowest BCUT2D eigenvalue weighted by Gasteiger charge is -2.09. The highest BCUT2D eigenvalue weighted by Gasteiger charge is 2.07. The molecule has 0 saturated carbocycles. The van der Waals surface area contributed by atoms with Crippen molar-refractivity contribution in [3.8, 4) is 11.3 Å². The molecule has 0 unspecified atom stereocenters. The van der Waals surface area contributed by atoms with Crippen LogP contribution in [0.15, 0.2) is 61.1 Å². The third-order valence-corrected chi connectivity index (χ3v) is 4.45. The molecular weight excluding hydrogens is 364 g/mol. The lowest BCUT2D eigenvalue weighted by atomic mass is 10.1. The van der Waals surface area contributed by atoms with Crippen LogP contribution in [0.25, 0.3) is 22.2 Å². The topological polar surface area (TPSA) is 113 Å². The summed E-state index contributed by atoms with van der Waals surface area (Å²) in [5.41, 5.74) is 3.77. The van der Waals surface area contributed by atoms with E-state index in [9.17, 15) is 8.42 Å². The van der Waals surface area contributed by atoms with Crippen LogP contribution in [-0.2, 0) is 10.0 Å². The zero-order chi connectivity index (χ0) is 18.9. The van der Waals surface area contributed by atoms with Crippen LogP contribution >= 0.6 is 0 Å². The van der Waals surface area contributed by atoms with Gasteiger partial charge in [-0.05, 0) is 30.3 Å². The fraction of sp³-hybridized carbons (Fsp3) is 0.0556. The SMILES string of the molecule is CS(=O)(=O)Nc1cccc(-c2cc(Nc3ccc4[nH]ncc4c3)ncn2)c1. The predicted octanol–water partition coefficient (Wildman–Crippen LogP) is 3.14. The number of hydrogen-bond donors (Lipinski definition) is 3. The Kier molecular flexibility index (Phi) is 4.21. The highest BCUT2D eigenvalue weighted by atomic mass is 32.2. The van der Waals surface area contributed by atoms with E-state index >= 15 is 0 Å². The first kappa shape index (κ1) is 17.0. The van der Waals surface area contributed by atoms with E-state index in [4.69, 9.17) is 0 Å². The van der Waals surface area contributed by atoms with Gasteiger partial charge in [0.15, 0.2) is 0 Å². The molecule has 0 saturated heterocycles. The molecule has 0 bridgehead atoms. The number of fused-ring (bicyclic) bond motifs is 1. The molecule has 0 radical (unpaired) electrons. The quantitative estimate of drug-likeness (QED) is 0.490. The Morgan fingerprint density at radius 1 is 1.00 bits per heavy atom. The van der Waals surface area contributed by atoms with Crippen molar-refractivity contribution in [2.45, 2.75) is 0 Å². The van der Waals surface area contributed by atoms with Crippen LogP contribution in [0.2, 0.25) is 0 Å². The highest BCUT2D eigenvalue weighted by Crippen LogP contribution is 2.25. The van der Waals surface area contributed by atoms with E-state index in [1.165, 1.54) is 6.33 Å². The Hall–Kier alpha value is -3.46. The van der Waals surface area contributed by atoms with Crippen LogP contribution in [0.3, 0.4) is 0 Å². The van der Waals surface area contributed by atoms with Crippen molar-refractivity contribution in [2.24, 2.45) is 0 Å². The van der Waals surface area contributed by atoms with Crippen LogP contribution in [0.1, 0.15) is 0 Å². The summed E-state index contributed by atoms with van der Waals surface area (Å²) >= 11 is 0. The molecule has 0 atom stereocenters. The molecule has 2 heterocycles. The molecular formula is C18H16N6O2S. The van der Waals surface area contributed by atoms with Gasteiger partial charge in [0.2, 0.25) is 10.0 Å². The van der Waals surface area contributed by atoms with Gasteiger partial charge in [0, 0.05) is 28.4 Å². The fourth-order valence-corrected chi connectivity index (χ4v) is 3.26. The van der Waals surface area contributed by atoms with Gasteiger partial charge in [0.1, 0.15) is 12.1 Å². The number of rotatable bonds is 5. The maximum atomic E-state index is 11.4. The minimum atomic E-state index is -3.34. The van der Waals surface area contributed by atoms with E-state index in [-0.39, 0.29) is 0 Å². The minimum Gasteiger partial charge on any atom is -0.340 e. The standard InChI is InChI=1S/C18H16N6O2S/c1-27(25,26)24-15-4-2-3-12(7-15)17-9-18(20-11-19-17)22-14-5-6-16-13(8-14)10-21-23-16/h2-11,24H,1H3,(H,21,23)(H,19,20,22). The van der Waals surface area contributed by atoms with Gasteiger partial charge in [-0.3, -0.25) is 9.82 Å². The largest absolute Gasteiger partial charge is 0.340 e. The number of nitrogens with one attached hydrogen (secondary N) is 3. The van der Waals surface area contributed by atoms with E-state index in [1.807, 2.05) is 24.3 Å². The highest BCUT2D eigenvalue weighted by molar-refractivity contribution is 7.92. The van der Waals surface area contributed by atoms with Crippen molar-refractivity contribution in [2.75, 3.05) is 16.3 Å². The molecule has 2 aromatic carbocycles. The summed E-state index contributed by atoms with van der Waals surface area (Å²) in [6.45, 7) is 0. The Morgan fingerprint density at radius 2 is 1.89 bits per heavy atom. The van der Waals surface area contributed by atoms with Gasteiger partial charge in [0.25, 0.3) is 0 Å². The van der Waals surface area contributed by atoms with Crippen LogP contribution in [0.5, 0.6) is 0 Å². The van der Waals surface area contributed by atoms with Gasteiger partial charge in [-0.1, -0.05) is 12.1 Å². The summed E-state index contributed by atoms with van der Waals surface area (Å²) in [5.74, 6) is 0.629. The molecule has 0 fully saturated rings. The Labute approximate surface area is 155 Å². The number of aromatic nitrogens is 4. The average Bonchev–Trinajstić information content (AvgIpc) is 3.08.